The van der Waals surface area contributed by atoms with Crippen molar-refractivity contribution in [3.05, 3.63) is 47.8 Å². The summed E-state index contributed by atoms with van der Waals surface area (Å²) in [6, 6.07) is 6.83. The molecule has 2 saturated heterocycles. The van der Waals surface area contributed by atoms with Crippen molar-refractivity contribution in [3.63, 3.8) is 0 Å². The van der Waals surface area contributed by atoms with Crippen LogP contribution in [0.15, 0.2) is 36.7 Å². The highest BCUT2D eigenvalue weighted by atomic mass is 16.2. The molecular weight excluding hydrogens is 396 g/mol. The van der Waals surface area contributed by atoms with E-state index < -0.39 is 0 Å². The molecular formula is C22H28N6O3. The predicted molar refractivity (Wildman–Crippen MR) is 116 cm³/mol. The van der Waals surface area contributed by atoms with E-state index in [0.29, 0.717) is 42.4 Å². The third-order valence-electron chi connectivity index (χ3n) is 5.93. The van der Waals surface area contributed by atoms with Crippen molar-refractivity contribution in [1.29, 1.82) is 0 Å². The first kappa shape index (κ1) is 21.0. The van der Waals surface area contributed by atoms with Gasteiger partial charge in [0.15, 0.2) is 0 Å². The Morgan fingerprint density at radius 2 is 1.94 bits per heavy atom. The number of likely N-dealkylation sites (tertiary alicyclic amines) is 2. The van der Waals surface area contributed by atoms with Gasteiger partial charge in [-0.05, 0) is 44.1 Å². The van der Waals surface area contributed by atoms with Gasteiger partial charge in [0.2, 0.25) is 5.91 Å². The molecule has 2 fully saturated rings. The lowest BCUT2D eigenvalue weighted by atomic mass is 9.97. The fourth-order valence-electron chi connectivity index (χ4n) is 4.05. The number of carbonyl (C=O) groups excluding carboxylic acids is 3. The highest BCUT2D eigenvalue weighted by molar-refractivity contribution is 6.05. The fraction of sp³-hybridized carbons (Fsp3) is 0.455. The van der Waals surface area contributed by atoms with Crippen LogP contribution in [-0.4, -0.2) is 77.1 Å². The maximum Gasteiger partial charge on any atom is 0.258 e. The number of anilines is 1. The third kappa shape index (κ3) is 4.93. The van der Waals surface area contributed by atoms with Crippen molar-refractivity contribution in [3.8, 4) is 0 Å². The highest BCUT2D eigenvalue weighted by Gasteiger charge is 2.36. The number of hydrogen-bond acceptors (Lipinski definition) is 5. The minimum Gasteiger partial charge on any atom is -0.355 e. The zero-order valence-corrected chi connectivity index (χ0v) is 17.9. The summed E-state index contributed by atoms with van der Waals surface area (Å²) < 4.78 is 1.55. The van der Waals surface area contributed by atoms with E-state index in [0.717, 1.165) is 19.5 Å². The van der Waals surface area contributed by atoms with Crippen LogP contribution < -0.4 is 10.6 Å². The van der Waals surface area contributed by atoms with E-state index in [9.17, 15) is 14.4 Å². The molecule has 9 nitrogen and oxygen atoms in total. The lowest BCUT2D eigenvalue weighted by Gasteiger charge is -2.38. The lowest BCUT2D eigenvalue weighted by Crippen LogP contribution is -2.56. The molecule has 0 spiro atoms. The van der Waals surface area contributed by atoms with Gasteiger partial charge in [0.1, 0.15) is 0 Å². The normalized spacial score (nSPS) is 19.2. The molecule has 2 aromatic rings. The minimum absolute atomic E-state index is 0.0242. The first-order chi connectivity index (χ1) is 14.9. The van der Waals surface area contributed by atoms with Gasteiger partial charge in [0, 0.05) is 50.7 Å². The van der Waals surface area contributed by atoms with Crippen LogP contribution in [0.2, 0.25) is 0 Å². The first-order valence-electron chi connectivity index (χ1n) is 10.5. The highest BCUT2D eigenvalue weighted by Crippen LogP contribution is 2.21. The molecule has 3 amide bonds. The zero-order valence-electron chi connectivity index (χ0n) is 17.9. The van der Waals surface area contributed by atoms with Crippen LogP contribution >= 0.6 is 0 Å². The Morgan fingerprint density at radius 3 is 2.61 bits per heavy atom. The molecule has 0 saturated carbocycles. The smallest absolute Gasteiger partial charge is 0.258 e. The van der Waals surface area contributed by atoms with Crippen molar-refractivity contribution in [1.82, 2.24) is 24.9 Å². The molecule has 0 bridgehead atoms. The van der Waals surface area contributed by atoms with Crippen LogP contribution in [-0.2, 0) is 11.8 Å². The summed E-state index contributed by atoms with van der Waals surface area (Å²) in [6.07, 6.45) is 4.22. The Balaban J connectivity index is 1.27. The molecule has 2 aliphatic rings. The molecule has 31 heavy (non-hydrogen) atoms. The van der Waals surface area contributed by atoms with E-state index in [1.54, 1.807) is 47.1 Å². The SMILES string of the molecule is CN1CCC(CNC(=O)C2CN(C(=O)c3cccc(NC(=O)c4cnn(C)c4)c3)C2)C1. The van der Waals surface area contributed by atoms with E-state index in [1.807, 2.05) is 0 Å². The molecule has 1 aromatic carbocycles. The number of rotatable bonds is 6. The van der Waals surface area contributed by atoms with Gasteiger partial charge >= 0.3 is 0 Å². The average molecular weight is 425 g/mol. The molecule has 164 valence electrons. The summed E-state index contributed by atoms with van der Waals surface area (Å²) in [6.45, 7) is 3.63. The molecule has 9 heteroatoms. The fourth-order valence-corrected chi connectivity index (χ4v) is 4.05. The van der Waals surface area contributed by atoms with Crippen molar-refractivity contribution in [2.24, 2.45) is 18.9 Å². The molecule has 2 aliphatic heterocycles. The number of amides is 3. The lowest BCUT2D eigenvalue weighted by molar-refractivity contribution is -0.129. The molecule has 3 heterocycles. The van der Waals surface area contributed by atoms with Crippen LogP contribution in [0.25, 0.3) is 0 Å². The third-order valence-corrected chi connectivity index (χ3v) is 5.93. The van der Waals surface area contributed by atoms with Crippen molar-refractivity contribution < 1.29 is 14.4 Å². The van der Waals surface area contributed by atoms with Gasteiger partial charge in [-0.15, -0.1) is 0 Å². The van der Waals surface area contributed by atoms with Crippen LogP contribution in [0.4, 0.5) is 5.69 Å². The van der Waals surface area contributed by atoms with E-state index in [4.69, 9.17) is 0 Å². The maximum atomic E-state index is 12.8. The second kappa shape index (κ2) is 8.89. The Bertz CT molecular complexity index is 981. The summed E-state index contributed by atoms with van der Waals surface area (Å²) in [7, 11) is 3.83. The Hall–Kier alpha value is -3.20. The molecule has 0 radical (unpaired) electrons. The van der Waals surface area contributed by atoms with Crippen LogP contribution in [0, 0.1) is 11.8 Å². The number of aromatic nitrogens is 2. The summed E-state index contributed by atoms with van der Waals surface area (Å²) >= 11 is 0. The zero-order chi connectivity index (χ0) is 22.0. The summed E-state index contributed by atoms with van der Waals surface area (Å²) in [4.78, 5) is 41.4. The molecule has 1 unspecified atom stereocenters. The number of carbonyl (C=O) groups is 3. The van der Waals surface area contributed by atoms with Gasteiger partial charge in [0.25, 0.3) is 11.8 Å². The number of aryl methyl sites for hydroxylation is 1. The Morgan fingerprint density at radius 1 is 1.13 bits per heavy atom. The van der Waals surface area contributed by atoms with E-state index >= 15 is 0 Å². The van der Waals surface area contributed by atoms with Gasteiger partial charge < -0.3 is 20.4 Å². The van der Waals surface area contributed by atoms with Gasteiger partial charge in [0.05, 0.1) is 17.7 Å². The van der Waals surface area contributed by atoms with E-state index in [2.05, 4.69) is 27.7 Å². The molecule has 0 aliphatic carbocycles. The van der Waals surface area contributed by atoms with Gasteiger partial charge in [-0.1, -0.05) is 6.07 Å². The number of hydrogen-bond donors (Lipinski definition) is 2. The molecule has 1 atom stereocenters. The molecule has 1 aromatic heterocycles. The summed E-state index contributed by atoms with van der Waals surface area (Å²) in [5, 5.41) is 9.81. The summed E-state index contributed by atoms with van der Waals surface area (Å²) in [5.74, 6) is -0.0465. The van der Waals surface area contributed by atoms with Crippen LogP contribution in [0.1, 0.15) is 27.1 Å². The quantitative estimate of drug-likeness (QED) is 0.715. The van der Waals surface area contributed by atoms with Crippen molar-refractivity contribution in [2.75, 3.05) is 45.1 Å². The monoisotopic (exact) mass is 424 g/mol. The second-order valence-electron chi connectivity index (χ2n) is 8.51. The first-order valence-corrected chi connectivity index (χ1v) is 10.5. The minimum atomic E-state index is -0.285. The summed E-state index contributed by atoms with van der Waals surface area (Å²) in [5.41, 5.74) is 1.47. The predicted octanol–water partition coefficient (Wildman–Crippen LogP) is 0.812. The maximum absolute atomic E-state index is 12.8. The average Bonchev–Trinajstić information content (AvgIpc) is 3.33. The van der Waals surface area contributed by atoms with Gasteiger partial charge in [-0.25, -0.2) is 0 Å². The number of benzene rings is 1. The Labute approximate surface area is 181 Å². The number of nitrogens with one attached hydrogen (secondary N) is 2. The second-order valence-corrected chi connectivity index (χ2v) is 8.51. The number of nitrogens with zero attached hydrogens (tertiary/aromatic N) is 4. The Kier molecular flexibility index (Phi) is 6.03. The standard InChI is InChI=1S/C22H28N6O3/c1-26-7-6-15(11-26)9-23-20(29)18-13-28(14-18)22(31)16-4-3-5-19(8-16)25-21(30)17-10-24-27(2)12-17/h3-5,8,10,12,15,18H,6-7,9,11,13-14H2,1-2H3,(H,23,29)(H,25,30). The molecule has 4 rings (SSSR count). The van der Waals surface area contributed by atoms with E-state index in [1.165, 1.54) is 6.20 Å². The van der Waals surface area contributed by atoms with Gasteiger partial charge in [-0.2, -0.15) is 5.10 Å². The van der Waals surface area contributed by atoms with Crippen molar-refractivity contribution in [2.45, 2.75) is 6.42 Å². The van der Waals surface area contributed by atoms with Crippen LogP contribution in [0.5, 0.6) is 0 Å². The van der Waals surface area contributed by atoms with Crippen molar-refractivity contribution >= 4 is 23.4 Å². The van der Waals surface area contributed by atoms with Gasteiger partial charge in [-0.3, -0.25) is 19.1 Å². The molecule has 2 N–H and O–H groups in total. The largest absolute Gasteiger partial charge is 0.355 e. The van der Waals surface area contributed by atoms with Crippen LogP contribution in [0.3, 0.4) is 0 Å². The van der Waals surface area contributed by atoms with E-state index in [-0.39, 0.29) is 23.6 Å². The topological polar surface area (TPSA) is 99.6 Å².